The van der Waals surface area contributed by atoms with Gasteiger partial charge in [0.1, 0.15) is 5.82 Å². The molecule has 0 unspecified atom stereocenters. The minimum atomic E-state index is -0.502. The Morgan fingerprint density at radius 3 is 2.84 bits per heavy atom. The predicted molar refractivity (Wildman–Crippen MR) is 76.8 cm³/mol. The van der Waals surface area contributed by atoms with Crippen LogP contribution in [0.4, 0.5) is 11.5 Å². The molecule has 1 amide bonds. The van der Waals surface area contributed by atoms with Gasteiger partial charge in [0, 0.05) is 6.54 Å². The van der Waals surface area contributed by atoms with Crippen molar-refractivity contribution < 1.29 is 4.79 Å². The number of pyridine rings is 1. The molecule has 1 heterocycles. The van der Waals surface area contributed by atoms with Crippen molar-refractivity contribution in [3.8, 4) is 0 Å². The molecule has 19 heavy (non-hydrogen) atoms. The van der Waals surface area contributed by atoms with Crippen LogP contribution in [0, 0.1) is 5.92 Å². The van der Waals surface area contributed by atoms with Gasteiger partial charge in [0.05, 0.1) is 17.4 Å². The zero-order chi connectivity index (χ0) is 13.7. The Bertz CT molecular complexity index is 441. The summed E-state index contributed by atoms with van der Waals surface area (Å²) >= 11 is 0. The fourth-order valence-corrected chi connectivity index (χ4v) is 2.71. The first kappa shape index (κ1) is 13.6. The summed E-state index contributed by atoms with van der Waals surface area (Å²) in [5.41, 5.74) is 11.7. The Morgan fingerprint density at radius 2 is 2.16 bits per heavy atom. The second kappa shape index (κ2) is 6.41. The van der Waals surface area contributed by atoms with E-state index < -0.39 is 5.91 Å². The van der Waals surface area contributed by atoms with Crippen LogP contribution in [0.5, 0.6) is 0 Å². The van der Waals surface area contributed by atoms with Crippen molar-refractivity contribution in [2.75, 3.05) is 17.6 Å². The zero-order valence-corrected chi connectivity index (χ0v) is 11.2. The maximum Gasteiger partial charge on any atom is 0.252 e. The number of hydrogen-bond donors (Lipinski definition) is 3. The van der Waals surface area contributed by atoms with E-state index in [9.17, 15) is 4.79 Å². The molecule has 1 aromatic heterocycles. The Kier molecular flexibility index (Phi) is 4.60. The lowest BCUT2D eigenvalue weighted by Gasteiger charge is -2.11. The number of primary amides is 1. The van der Waals surface area contributed by atoms with Crippen LogP contribution < -0.4 is 16.8 Å². The van der Waals surface area contributed by atoms with Crippen molar-refractivity contribution in [1.82, 2.24) is 4.98 Å². The van der Waals surface area contributed by atoms with Crippen LogP contribution in [0.15, 0.2) is 12.3 Å². The molecule has 5 nitrogen and oxygen atoms in total. The van der Waals surface area contributed by atoms with Crippen LogP contribution in [0.2, 0.25) is 0 Å². The van der Waals surface area contributed by atoms with Gasteiger partial charge in [-0.05, 0) is 24.8 Å². The summed E-state index contributed by atoms with van der Waals surface area (Å²) in [4.78, 5) is 15.4. The summed E-state index contributed by atoms with van der Waals surface area (Å²) in [6.07, 6.45) is 9.36. The average molecular weight is 262 g/mol. The first-order valence-corrected chi connectivity index (χ1v) is 6.96. The summed E-state index contributed by atoms with van der Waals surface area (Å²) < 4.78 is 0. The molecule has 1 aromatic rings. The predicted octanol–water partition coefficient (Wildman–Crippen LogP) is 2.14. The second-order valence-corrected chi connectivity index (χ2v) is 5.25. The molecule has 1 saturated carbocycles. The van der Waals surface area contributed by atoms with Gasteiger partial charge in [0.25, 0.3) is 5.91 Å². The maximum atomic E-state index is 11.3. The highest BCUT2D eigenvalue weighted by Gasteiger charge is 2.14. The molecule has 1 aliphatic rings. The average Bonchev–Trinajstić information content (AvgIpc) is 2.89. The van der Waals surface area contributed by atoms with E-state index in [2.05, 4.69) is 10.3 Å². The van der Waals surface area contributed by atoms with Crippen molar-refractivity contribution in [3.63, 3.8) is 0 Å². The number of amides is 1. The first-order valence-electron chi connectivity index (χ1n) is 6.96. The number of hydrogen-bond acceptors (Lipinski definition) is 4. The Morgan fingerprint density at radius 1 is 1.42 bits per heavy atom. The normalized spacial score (nSPS) is 15.6. The largest absolute Gasteiger partial charge is 0.397 e. The quantitative estimate of drug-likeness (QED) is 0.685. The summed E-state index contributed by atoms with van der Waals surface area (Å²) in [5, 5.41) is 3.18. The van der Waals surface area contributed by atoms with Crippen LogP contribution in [0.1, 0.15) is 48.9 Å². The summed E-state index contributed by atoms with van der Waals surface area (Å²) in [5.74, 6) is 0.919. The fourth-order valence-electron chi connectivity index (χ4n) is 2.71. The third-order valence-electron chi connectivity index (χ3n) is 3.73. The van der Waals surface area contributed by atoms with Crippen molar-refractivity contribution in [2.45, 2.75) is 38.5 Å². The van der Waals surface area contributed by atoms with Crippen LogP contribution in [-0.4, -0.2) is 17.4 Å². The molecule has 0 atom stereocenters. The zero-order valence-electron chi connectivity index (χ0n) is 11.2. The van der Waals surface area contributed by atoms with Crippen LogP contribution in [0.3, 0.4) is 0 Å². The molecule has 0 radical (unpaired) electrons. The van der Waals surface area contributed by atoms with Gasteiger partial charge in [-0.15, -0.1) is 0 Å². The van der Waals surface area contributed by atoms with Gasteiger partial charge in [0.15, 0.2) is 0 Å². The van der Waals surface area contributed by atoms with Crippen molar-refractivity contribution in [1.29, 1.82) is 0 Å². The Labute approximate surface area is 113 Å². The number of aromatic nitrogens is 1. The van der Waals surface area contributed by atoms with E-state index in [0.29, 0.717) is 17.1 Å². The van der Waals surface area contributed by atoms with Gasteiger partial charge in [-0.3, -0.25) is 4.79 Å². The fraction of sp³-hybridized carbons (Fsp3) is 0.571. The smallest absolute Gasteiger partial charge is 0.252 e. The monoisotopic (exact) mass is 262 g/mol. The highest BCUT2D eigenvalue weighted by molar-refractivity contribution is 5.98. The molecule has 5 N–H and O–H groups in total. The number of carbonyl (C=O) groups is 1. The van der Waals surface area contributed by atoms with Crippen molar-refractivity contribution in [3.05, 3.63) is 17.8 Å². The van der Waals surface area contributed by atoms with E-state index in [1.54, 1.807) is 6.07 Å². The van der Waals surface area contributed by atoms with Crippen molar-refractivity contribution >= 4 is 17.4 Å². The number of nitrogens with two attached hydrogens (primary N) is 2. The van der Waals surface area contributed by atoms with Gasteiger partial charge in [-0.1, -0.05) is 25.7 Å². The molecular weight excluding hydrogens is 240 g/mol. The van der Waals surface area contributed by atoms with Crippen molar-refractivity contribution in [2.24, 2.45) is 11.7 Å². The summed E-state index contributed by atoms with van der Waals surface area (Å²) in [6, 6.07) is 1.56. The maximum absolute atomic E-state index is 11.3. The van der Waals surface area contributed by atoms with E-state index >= 15 is 0 Å². The minimum absolute atomic E-state index is 0.362. The molecule has 0 bridgehead atoms. The molecule has 0 aromatic carbocycles. The molecule has 1 aliphatic carbocycles. The standard InChI is InChI=1S/C14H22N4O/c15-11-8-12(13(16)19)14(18-9-11)17-7-3-6-10-4-1-2-5-10/h8-10H,1-7,15H2,(H2,16,19)(H,17,18). The number of rotatable bonds is 6. The molecule has 0 aliphatic heterocycles. The van der Waals surface area contributed by atoms with Gasteiger partial charge in [-0.25, -0.2) is 4.98 Å². The molecule has 0 saturated heterocycles. The highest BCUT2D eigenvalue weighted by atomic mass is 16.1. The molecule has 104 valence electrons. The molecular formula is C14H22N4O. The summed E-state index contributed by atoms with van der Waals surface area (Å²) in [6.45, 7) is 0.813. The number of anilines is 2. The van der Waals surface area contributed by atoms with Gasteiger partial charge < -0.3 is 16.8 Å². The lowest BCUT2D eigenvalue weighted by atomic mass is 10.0. The lowest BCUT2D eigenvalue weighted by Crippen LogP contribution is -2.16. The number of carbonyl (C=O) groups excluding carboxylic acids is 1. The van der Waals surface area contributed by atoms with Gasteiger partial charge in [0.2, 0.25) is 0 Å². The van der Waals surface area contributed by atoms with E-state index in [1.807, 2.05) is 0 Å². The van der Waals surface area contributed by atoms with E-state index in [1.165, 1.54) is 38.3 Å². The third kappa shape index (κ3) is 3.84. The topological polar surface area (TPSA) is 94.0 Å². The lowest BCUT2D eigenvalue weighted by molar-refractivity contribution is 0.100. The van der Waals surface area contributed by atoms with Crippen LogP contribution >= 0.6 is 0 Å². The Hall–Kier alpha value is -1.78. The number of nitrogens with zero attached hydrogens (tertiary/aromatic N) is 1. The van der Waals surface area contributed by atoms with Crippen LogP contribution in [0.25, 0.3) is 0 Å². The molecule has 5 heteroatoms. The molecule has 1 fully saturated rings. The van der Waals surface area contributed by atoms with Crippen LogP contribution in [-0.2, 0) is 0 Å². The third-order valence-corrected chi connectivity index (χ3v) is 3.73. The molecule has 0 spiro atoms. The SMILES string of the molecule is NC(=O)c1cc(N)cnc1NCCCC1CCCC1. The summed E-state index contributed by atoms with van der Waals surface area (Å²) in [7, 11) is 0. The minimum Gasteiger partial charge on any atom is -0.397 e. The number of nitrogen functional groups attached to an aromatic ring is 1. The van der Waals surface area contributed by atoms with E-state index in [-0.39, 0.29) is 0 Å². The highest BCUT2D eigenvalue weighted by Crippen LogP contribution is 2.28. The molecule has 2 rings (SSSR count). The van der Waals surface area contributed by atoms with Gasteiger partial charge in [-0.2, -0.15) is 0 Å². The van der Waals surface area contributed by atoms with Gasteiger partial charge >= 0.3 is 0 Å². The number of nitrogens with one attached hydrogen (secondary N) is 1. The second-order valence-electron chi connectivity index (χ2n) is 5.25. The van der Waals surface area contributed by atoms with E-state index in [0.717, 1.165) is 18.9 Å². The van der Waals surface area contributed by atoms with E-state index in [4.69, 9.17) is 11.5 Å². The first-order chi connectivity index (χ1) is 9.16. The Balaban J connectivity index is 1.83.